The molecule has 0 radical (unpaired) electrons. The summed E-state index contributed by atoms with van der Waals surface area (Å²) in [6, 6.07) is 19.8. The van der Waals surface area contributed by atoms with E-state index in [1.165, 1.54) is 10.5 Å². The van der Waals surface area contributed by atoms with Gasteiger partial charge in [0.1, 0.15) is 5.70 Å². The van der Waals surface area contributed by atoms with Crippen LogP contribution in [0, 0.1) is 34.6 Å². The van der Waals surface area contributed by atoms with Crippen LogP contribution in [0.1, 0.15) is 38.9 Å². The highest BCUT2D eigenvalue weighted by Gasteiger charge is 2.39. The van der Waals surface area contributed by atoms with E-state index in [0.717, 1.165) is 39.1 Å². The van der Waals surface area contributed by atoms with E-state index in [1.54, 1.807) is 0 Å². The van der Waals surface area contributed by atoms with E-state index in [2.05, 4.69) is 5.32 Å². The quantitative estimate of drug-likeness (QED) is 0.541. The topological polar surface area (TPSA) is 49.4 Å². The molecular formula is C28H28N2O2. The molecular weight excluding hydrogens is 396 g/mol. The average molecular weight is 425 g/mol. The lowest BCUT2D eigenvalue weighted by atomic mass is 9.97. The molecule has 0 unspecified atom stereocenters. The molecule has 1 heterocycles. The Labute approximate surface area is 189 Å². The summed E-state index contributed by atoms with van der Waals surface area (Å²) in [5.74, 6) is -0.572. The van der Waals surface area contributed by atoms with Crippen molar-refractivity contribution < 1.29 is 9.59 Å². The third-order valence-corrected chi connectivity index (χ3v) is 6.06. The molecule has 4 heteroatoms. The van der Waals surface area contributed by atoms with Crippen LogP contribution in [0.4, 0.5) is 5.69 Å². The minimum absolute atomic E-state index is 0.241. The van der Waals surface area contributed by atoms with E-state index in [1.807, 2.05) is 95.3 Å². The van der Waals surface area contributed by atoms with Gasteiger partial charge in [0.25, 0.3) is 11.8 Å². The smallest absolute Gasteiger partial charge is 0.278 e. The molecule has 0 aliphatic carbocycles. The molecule has 3 aromatic rings. The lowest BCUT2D eigenvalue weighted by Gasteiger charge is -2.16. The number of nitrogens with one attached hydrogen (secondary N) is 1. The van der Waals surface area contributed by atoms with Crippen LogP contribution in [-0.2, 0) is 16.1 Å². The number of hydrogen-bond donors (Lipinski definition) is 1. The van der Waals surface area contributed by atoms with Crippen LogP contribution in [0.25, 0.3) is 5.57 Å². The van der Waals surface area contributed by atoms with Gasteiger partial charge in [-0.15, -0.1) is 0 Å². The lowest BCUT2D eigenvalue weighted by Crippen LogP contribution is -2.32. The molecule has 0 saturated carbocycles. The second kappa shape index (κ2) is 8.46. The zero-order valence-corrected chi connectivity index (χ0v) is 19.2. The van der Waals surface area contributed by atoms with E-state index in [9.17, 15) is 9.59 Å². The summed E-state index contributed by atoms with van der Waals surface area (Å²) in [7, 11) is 0. The zero-order chi connectivity index (χ0) is 23.0. The van der Waals surface area contributed by atoms with Gasteiger partial charge < -0.3 is 5.32 Å². The molecule has 32 heavy (non-hydrogen) atoms. The van der Waals surface area contributed by atoms with E-state index in [0.29, 0.717) is 11.3 Å². The monoisotopic (exact) mass is 424 g/mol. The molecule has 162 valence electrons. The van der Waals surface area contributed by atoms with Gasteiger partial charge in [0.05, 0.1) is 12.1 Å². The number of amides is 2. The maximum absolute atomic E-state index is 13.6. The Balaban J connectivity index is 1.77. The van der Waals surface area contributed by atoms with Gasteiger partial charge >= 0.3 is 0 Å². The summed E-state index contributed by atoms with van der Waals surface area (Å²) in [6.45, 7) is 10.3. The van der Waals surface area contributed by atoms with Crippen molar-refractivity contribution in [2.24, 2.45) is 0 Å². The average Bonchev–Trinajstić information content (AvgIpc) is 2.97. The molecule has 1 aliphatic heterocycles. The Morgan fingerprint density at radius 3 is 2.03 bits per heavy atom. The number of rotatable bonds is 5. The molecule has 1 aliphatic rings. The molecule has 0 atom stereocenters. The van der Waals surface area contributed by atoms with Crippen molar-refractivity contribution in [1.82, 2.24) is 4.90 Å². The number of imide groups is 1. The van der Waals surface area contributed by atoms with Crippen LogP contribution in [0.2, 0.25) is 0 Å². The number of hydrogen-bond acceptors (Lipinski definition) is 3. The Morgan fingerprint density at radius 1 is 0.688 bits per heavy atom. The Kier molecular flexibility index (Phi) is 5.70. The first-order chi connectivity index (χ1) is 15.2. The third-order valence-electron chi connectivity index (χ3n) is 6.06. The van der Waals surface area contributed by atoms with Gasteiger partial charge in [-0.05, 0) is 74.6 Å². The molecule has 0 bridgehead atoms. The van der Waals surface area contributed by atoms with E-state index in [4.69, 9.17) is 0 Å². The summed E-state index contributed by atoms with van der Waals surface area (Å²) in [5.41, 5.74) is 8.78. The van der Waals surface area contributed by atoms with Gasteiger partial charge in [-0.1, -0.05) is 59.7 Å². The van der Waals surface area contributed by atoms with Crippen LogP contribution in [0.15, 0.2) is 66.4 Å². The minimum Gasteiger partial charge on any atom is -0.350 e. The number of carbonyl (C=O) groups excluding carboxylic acids is 2. The standard InChI is InChI=1S/C28H28N2O2/c1-17-6-10-22(11-7-17)16-30-27(31)25(24-13-8-18(2)14-21(24)5)26(28(30)32)29-23-12-9-19(3)20(4)15-23/h6-15,29H,16H2,1-5H3. The predicted octanol–water partition coefficient (Wildman–Crippen LogP) is 5.62. The van der Waals surface area contributed by atoms with Crippen molar-refractivity contribution >= 4 is 23.1 Å². The van der Waals surface area contributed by atoms with Crippen LogP contribution < -0.4 is 5.32 Å². The van der Waals surface area contributed by atoms with Crippen LogP contribution >= 0.6 is 0 Å². The second-order valence-electron chi connectivity index (χ2n) is 8.67. The molecule has 1 N–H and O–H groups in total. The minimum atomic E-state index is -0.302. The number of nitrogens with zero attached hydrogens (tertiary/aromatic N) is 1. The first kappa shape index (κ1) is 21.6. The fourth-order valence-corrected chi connectivity index (χ4v) is 4.02. The molecule has 0 fully saturated rings. The van der Waals surface area contributed by atoms with Gasteiger partial charge in [0, 0.05) is 5.69 Å². The van der Waals surface area contributed by atoms with Gasteiger partial charge in [0.2, 0.25) is 0 Å². The summed E-state index contributed by atoms with van der Waals surface area (Å²) in [6.07, 6.45) is 0. The number of aryl methyl sites for hydroxylation is 5. The molecule has 4 rings (SSSR count). The third kappa shape index (κ3) is 4.09. The predicted molar refractivity (Wildman–Crippen MR) is 129 cm³/mol. The van der Waals surface area contributed by atoms with E-state index < -0.39 is 0 Å². The van der Waals surface area contributed by atoms with Crippen LogP contribution in [0.3, 0.4) is 0 Å². The summed E-state index contributed by atoms with van der Waals surface area (Å²) < 4.78 is 0. The highest BCUT2D eigenvalue weighted by molar-refractivity contribution is 6.36. The summed E-state index contributed by atoms with van der Waals surface area (Å²) in [5, 5.41) is 3.27. The van der Waals surface area contributed by atoms with Crippen molar-refractivity contribution in [2.75, 3.05) is 5.32 Å². The Morgan fingerprint density at radius 2 is 1.38 bits per heavy atom. The van der Waals surface area contributed by atoms with Gasteiger partial charge in [-0.2, -0.15) is 0 Å². The largest absolute Gasteiger partial charge is 0.350 e. The maximum atomic E-state index is 13.6. The molecule has 4 nitrogen and oxygen atoms in total. The fourth-order valence-electron chi connectivity index (χ4n) is 4.02. The highest BCUT2D eigenvalue weighted by Crippen LogP contribution is 2.33. The number of anilines is 1. The number of benzene rings is 3. The van der Waals surface area contributed by atoms with E-state index in [-0.39, 0.29) is 18.4 Å². The van der Waals surface area contributed by atoms with E-state index >= 15 is 0 Å². The first-order valence-corrected chi connectivity index (χ1v) is 10.8. The zero-order valence-electron chi connectivity index (χ0n) is 19.2. The van der Waals surface area contributed by atoms with Crippen molar-refractivity contribution in [1.29, 1.82) is 0 Å². The summed E-state index contributed by atoms with van der Waals surface area (Å²) in [4.78, 5) is 28.4. The second-order valence-corrected chi connectivity index (χ2v) is 8.67. The normalized spacial score (nSPS) is 13.8. The molecule has 0 saturated heterocycles. The molecule has 3 aromatic carbocycles. The SMILES string of the molecule is Cc1ccc(CN2C(=O)C(Nc3ccc(C)c(C)c3)=C(c3ccc(C)cc3C)C2=O)cc1. The molecule has 2 amide bonds. The lowest BCUT2D eigenvalue weighted by molar-refractivity contribution is -0.137. The van der Waals surface area contributed by atoms with Gasteiger partial charge in [-0.3, -0.25) is 14.5 Å². The van der Waals surface area contributed by atoms with Gasteiger partial charge in [-0.25, -0.2) is 0 Å². The van der Waals surface area contributed by atoms with Gasteiger partial charge in [0.15, 0.2) is 0 Å². The summed E-state index contributed by atoms with van der Waals surface area (Å²) >= 11 is 0. The van der Waals surface area contributed by atoms with Crippen LogP contribution in [-0.4, -0.2) is 16.7 Å². The van der Waals surface area contributed by atoms with Crippen LogP contribution in [0.5, 0.6) is 0 Å². The fraction of sp³-hybridized carbons (Fsp3) is 0.214. The number of carbonyl (C=O) groups is 2. The highest BCUT2D eigenvalue weighted by atomic mass is 16.2. The first-order valence-electron chi connectivity index (χ1n) is 10.8. The molecule has 0 aromatic heterocycles. The van der Waals surface area contributed by atoms with Crippen molar-refractivity contribution in [3.63, 3.8) is 0 Å². The maximum Gasteiger partial charge on any atom is 0.278 e. The van der Waals surface area contributed by atoms with Crippen molar-refractivity contribution in [3.8, 4) is 0 Å². The van der Waals surface area contributed by atoms with Crippen molar-refractivity contribution in [2.45, 2.75) is 41.2 Å². The molecule has 0 spiro atoms. The van der Waals surface area contributed by atoms with Crippen molar-refractivity contribution in [3.05, 3.63) is 105 Å². The Hall–Kier alpha value is -3.66. The Bertz CT molecular complexity index is 1250.